The number of rotatable bonds is 4. The molecule has 2 unspecified atom stereocenters. The molecule has 3 heterocycles. The van der Waals surface area contributed by atoms with Crippen LogP contribution in [0.5, 0.6) is 0 Å². The van der Waals surface area contributed by atoms with Crippen molar-refractivity contribution in [2.45, 2.75) is 37.6 Å². The first-order valence-electron chi connectivity index (χ1n) is 10.5. The van der Waals surface area contributed by atoms with Crippen LogP contribution in [0.4, 0.5) is 4.79 Å². The molecule has 6 nitrogen and oxygen atoms in total. The normalized spacial score (nSPS) is 21.2. The second-order valence-corrected chi connectivity index (χ2v) is 8.80. The molecule has 7 heteroatoms. The van der Waals surface area contributed by atoms with Crippen LogP contribution in [0.1, 0.15) is 54.0 Å². The fourth-order valence-electron chi connectivity index (χ4n) is 4.33. The van der Waals surface area contributed by atoms with Crippen LogP contribution in [0.3, 0.4) is 0 Å². The van der Waals surface area contributed by atoms with Crippen molar-refractivity contribution in [2.24, 2.45) is 0 Å². The minimum Gasteiger partial charge on any atom is -0.465 e. The number of likely N-dealkylation sites (tertiary alicyclic amines) is 1. The lowest BCUT2D eigenvalue weighted by molar-refractivity contribution is 0.101. The van der Waals surface area contributed by atoms with E-state index in [1.165, 1.54) is 0 Å². The third-order valence-corrected chi connectivity index (χ3v) is 6.96. The van der Waals surface area contributed by atoms with Gasteiger partial charge in [0.15, 0.2) is 5.76 Å². The molecule has 0 spiro atoms. The van der Waals surface area contributed by atoms with E-state index in [2.05, 4.69) is 23.4 Å². The Hall–Kier alpha value is -3.19. The molecule has 1 aromatic carbocycles. The highest BCUT2D eigenvalue weighted by molar-refractivity contribution is 7.10. The van der Waals surface area contributed by atoms with E-state index in [9.17, 15) is 9.90 Å². The van der Waals surface area contributed by atoms with Crippen LogP contribution in [0.25, 0.3) is 17.0 Å². The van der Waals surface area contributed by atoms with E-state index in [1.54, 1.807) is 16.2 Å². The van der Waals surface area contributed by atoms with Gasteiger partial charge in [-0.2, -0.15) is 0 Å². The highest BCUT2D eigenvalue weighted by atomic mass is 32.1. The van der Waals surface area contributed by atoms with Crippen LogP contribution in [0.15, 0.2) is 64.5 Å². The van der Waals surface area contributed by atoms with Crippen LogP contribution in [-0.4, -0.2) is 32.8 Å². The Bertz CT molecular complexity index is 1130. The molecule has 158 valence electrons. The predicted octanol–water partition coefficient (Wildman–Crippen LogP) is 6.13. The molecular formula is C24H23N3O3S. The number of thiazole rings is 1. The van der Waals surface area contributed by atoms with Crippen LogP contribution < -0.4 is 0 Å². The van der Waals surface area contributed by atoms with Crippen molar-refractivity contribution in [3.8, 4) is 11.4 Å². The van der Waals surface area contributed by atoms with Crippen molar-refractivity contribution in [2.75, 3.05) is 6.54 Å². The number of piperidine rings is 1. The Balaban J connectivity index is 1.36. The zero-order valence-corrected chi connectivity index (χ0v) is 17.8. The second-order valence-electron chi connectivity index (χ2n) is 7.91. The van der Waals surface area contributed by atoms with Crippen molar-refractivity contribution < 1.29 is 14.4 Å². The number of nitrogens with zero attached hydrogens (tertiary/aromatic N) is 3. The zero-order valence-electron chi connectivity index (χ0n) is 17.0. The maximum absolute atomic E-state index is 11.8. The Kier molecular flexibility index (Phi) is 5.42. The molecular weight excluding hydrogens is 410 g/mol. The summed E-state index contributed by atoms with van der Waals surface area (Å²) in [5.74, 6) is 0.981. The quantitative estimate of drug-likeness (QED) is 0.535. The summed E-state index contributed by atoms with van der Waals surface area (Å²) in [4.78, 5) is 18.2. The van der Waals surface area contributed by atoms with Gasteiger partial charge in [0.25, 0.3) is 0 Å². The average Bonchev–Trinajstić information content (AvgIpc) is 3.50. The second kappa shape index (κ2) is 8.51. The van der Waals surface area contributed by atoms with Gasteiger partial charge in [-0.1, -0.05) is 53.7 Å². The van der Waals surface area contributed by atoms with Crippen LogP contribution >= 0.6 is 11.3 Å². The molecule has 2 atom stereocenters. The van der Waals surface area contributed by atoms with Crippen molar-refractivity contribution in [3.05, 3.63) is 76.3 Å². The fraction of sp³-hybridized carbons (Fsp3) is 0.292. The fourth-order valence-corrected chi connectivity index (χ4v) is 5.29. The maximum Gasteiger partial charge on any atom is 0.407 e. The van der Waals surface area contributed by atoms with Gasteiger partial charge >= 0.3 is 6.09 Å². The summed E-state index contributed by atoms with van der Waals surface area (Å²) in [6.07, 6.45) is 9.08. The standard InChI is InChI=1S/C24H23N3O3S/c28-24(29)27-12-11-18(13-21(27)16-7-3-1-4-8-16)23-25-20(15-31-23)19-14-22(30-26-19)17-9-5-2-6-10-17/h1,3-5,7-10,14-15,18,21H,2,6,11-13H2,(H,28,29). The van der Waals surface area contributed by atoms with Gasteiger partial charge in [0, 0.05) is 29.5 Å². The van der Waals surface area contributed by atoms with E-state index >= 15 is 0 Å². The summed E-state index contributed by atoms with van der Waals surface area (Å²) in [6, 6.07) is 11.7. The summed E-state index contributed by atoms with van der Waals surface area (Å²) < 4.78 is 5.55. The molecule has 0 saturated carbocycles. The maximum atomic E-state index is 11.8. The van der Waals surface area contributed by atoms with Crippen molar-refractivity contribution in [1.29, 1.82) is 0 Å². The lowest BCUT2D eigenvalue weighted by Gasteiger charge is -2.37. The molecule has 31 heavy (non-hydrogen) atoms. The lowest BCUT2D eigenvalue weighted by Crippen LogP contribution is -2.39. The van der Waals surface area contributed by atoms with Crippen LogP contribution in [0, 0.1) is 0 Å². The largest absolute Gasteiger partial charge is 0.465 e. The first-order valence-corrected chi connectivity index (χ1v) is 11.4. The van der Waals surface area contributed by atoms with Crippen molar-refractivity contribution in [3.63, 3.8) is 0 Å². The number of carbonyl (C=O) groups is 1. The summed E-state index contributed by atoms with van der Waals surface area (Å²) in [7, 11) is 0. The van der Waals surface area contributed by atoms with E-state index in [-0.39, 0.29) is 12.0 Å². The third kappa shape index (κ3) is 4.05. The number of benzene rings is 1. The monoisotopic (exact) mass is 433 g/mol. The Labute approximate surface area is 184 Å². The van der Waals surface area contributed by atoms with Gasteiger partial charge in [0.05, 0.1) is 11.0 Å². The molecule has 2 aromatic heterocycles. The van der Waals surface area contributed by atoms with Crippen LogP contribution in [-0.2, 0) is 0 Å². The van der Waals surface area contributed by atoms with Gasteiger partial charge in [-0.3, -0.25) is 0 Å². The number of allylic oxidation sites excluding steroid dienone is 4. The molecule has 0 bridgehead atoms. The SMILES string of the molecule is O=C(O)N1CCC(c2nc(-c3cc(C4=CCCC=C4)on3)cs2)CC1c1ccccc1. The van der Waals surface area contributed by atoms with E-state index in [1.807, 2.05) is 41.8 Å². The number of aromatic nitrogens is 2. The summed E-state index contributed by atoms with van der Waals surface area (Å²) >= 11 is 1.62. The topological polar surface area (TPSA) is 79.5 Å². The highest BCUT2D eigenvalue weighted by Gasteiger charge is 2.34. The molecule has 2 aliphatic rings. The number of carboxylic acid groups (broad SMARTS) is 1. The van der Waals surface area contributed by atoms with Gasteiger partial charge < -0.3 is 14.5 Å². The van der Waals surface area contributed by atoms with E-state index in [0.29, 0.717) is 6.54 Å². The number of hydrogen-bond donors (Lipinski definition) is 1. The smallest absolute Gasteiger partial charge is 0.407 e. The number of hydrogen-bond acceptors (Lipinski definition) is 5. The van der Waals surface area contributed by atoms with Gasteiger partial charge in [-0.05, 0) is 31.2 Å². The Morgan fingerprint density at radius 2 is 2.06 bits per heavy atom. The molecule has 0 radical (unpaired) electrons. The molecule has 1 amide bonds. The minimum atomic E-state index is -0.867. The molecule has 1 saturated heterocycles. The first-order chi connectivity index (χ1) is 15.2. The van der Waals surface area contributed by atoms with Gasteiger partial charge in [-0.15, -0.1) is 11.3 Å². The Morgan fingerprint density at radius 1 is 1.19 bits per heavy atom. The van der Waals surface area contributed by atoms with E-state index in [4.69, 9.17) is 9.51 Å². The molecule has 1 fully saturated rings. The Morgan fingerprint density at radius 3 is 2.84 bits per heavy atom. The van der Waals surface area contributed by atoms with Crippen LogP contribution in [0.2, 0.25) is 0 Å². The van der Waals surface area contributed by atoms with Crippen molar-refractivity contribution in [1.82, 2.24) is 15.0 Å². The lowest BCUT2D eigenvalue weighted by atomic mass is 9.87. The highest BCUT2D eigenvalue weighted by Crippen LogP contribution is 2.41. The molecule has 1 aliphatic heterocycles. The zero-order chi connectivity index (χ0) is 21.2. The molecule has 3 aromatic rings. The first kappa shape index (κ1) is 19.8. The predicted molar refractivity (Wildman–Crippen MR) is 120 cm³/mol. The van der Waals surface area contributed by atoms with E-state index in [0.717, 1.165) is 59.0 Å². The van der Waals surface area contributed by atoms with E-state index < -0.39 is 6.09 Å². The van der Waals surface area contributed by atoms with Crippen molar-refractivity contribution >= 4 is 23.0 Å². The number of amides is 1. The molecule has 1 aliphatic carbocycles. The van der Waals surface area contributed by atoms with Gasteiger partial charge in [0.2, 0.25) is 0 Å². The van der Waals surface area contributed by atoms with Gasteiger partial charge in [0.1, 0.15) is 11.4 Å². The molecule has 1 N–H and O–H groups in total. The third-order valence-electron chi connectivity index (χ3n) is 5.96. The summed E-state index contributed by atoms with van der Waals surface area (Å²) in [5, 5.41) is 16.9. The molecule has 5 rings (SSSR count). The minimum absolute atomic E-state index is 0.159. The average molecular weight is 434 g/mol. The van der Waals surface area contributed by atoms with Gasteiger partial charge in [-0.25, -0.2) is 9.78 Å². The summed E-state index contributed by atoms with van der Waals surface area (Å²) in [6.45, 7) is 0.503. The summed E-state index contributed by atoms with van der Waals surface area (Å²) in [5.41, 5.74) is 3.64.